The second-order valence-electron chi connectivity index (χ2n) is 2.18. The van der Waals surface area contributed by atoms with E-state index in [0.29, 0.717) is 5.17 Å². The Balaban J connectivity index is 0.00000144. The van der Waals surface area contributed by atoms with Crippen LogP contribution in [-0.4, -0.2) is 17.6 Å². The molecule has 0 aromatic heterocycles. The van der Waals surface area contributed by atoms with Crippen molar-refractivity contribution in [2.45, 2.75) is 0 Å². The van der Waals surface area contributed by atoms with Gasteiger partial charge in [-0.1, -0.05) is 42.1 Å². The van der Waals surface area contributed by atoms with Crippen molar-refractivity contribution in [3.05, 3.63) is 35.9 Å². The number of nitrogens with one attached hydrogen (secondary N) is 1. The van der Waals surface area contributed by atoms with E-state index in [1.54, 1.807) is 6.21 Å². The summed E-state index contributed by atoms with van der Waals surface area (Å²) in [5.74, 6) is 0. The molecule has 0 atom stereocenters. The fourth-order valence-corrected chi connectivity index (χ4v) is 0.883. The van der Waals surface area contributed by atoms with Crippen molar-refractivity contribution < 1.29 is 0 Å². The van der Waals surface area contributed by atoms with Gasteiger partial charge in [0.2, 0.25) is 0 Å². The smallest absolute Gasteiger partial charge is 0.179 e. The number of thioether (sulfide) groups is 1. The van der Waals surface area contributed by atoms with Gasteiger partial charge in [0.05, 0.1) is 0 Å². The van der Waals surface area contributed by atoms with E-state index in [9.17, 15) is 0 Å². The Morgan fingerprint density at radius 2 is 2.00 bits per heavy atom. The summed E-state index contributed by atoms with van der Waals surface area (Å²) in [4.78, 5) is 3.93. The number of rotatable bonds is 1. The Hall–Kier alpha value is -0.360. The molecule has 0 heterocycles. The fraction of sp³-hybridized carbons (Fsp3) is 0.111. The number of halogens is 1. The SMILES string of the molecule is CSC(=N)/N=C/c1ccccc1.I. The Bertz CT molecular complexity index is 285. The molecule has 0 fully saturated rings. The summed E-state index contributed by atoms with van der Waals surface area (Å²) >= 11 is 1.33. The lowest BCUT2D eigenvalue weighted by atomic mass is 10.2. The Morgan fingerprint density at radius 3 is 2.54 bits per heavy atom. The molecular formula is C9H11IN2S. The highest BCUT2D eigenvalue weighted by atomic mass is 127. The van der Waals surface area contributed by atoms with Crippen molar-refractivity contribution >= 4 is 47.1 Å². The third-order valence-corrected chi connectivity index (χ3v) is 1.82. The van der Waals surface area contributed by atoms with Crippen molar-refractivity contribution in [2.75, 3.05) is 6.26 Å². The second-order valence-corrected chi connectivity index (χ2v) is 2.97. The predicted molar refractivity (Wildman–Crippen MR) is 70.7 cm³/mol. The molecule has 0 unspecified atom stereocenters. The van der Waals surface area contributed by atoms with Crippen LogP contribution in [0.2, 0.25) is 0 Å². The first kappa shape index (κ1) is 12.6. The molecule has 0 aliphatic heterocycles. The maximum Gasteiger partial charge on any atom is 0.179 e. The molecule has 0 aliphatic rings. The molecular weight excluding hydrogens is 295 g/mol. The van der Waals surface area contributed by atoms with E-state index in [-0.39, 0.29) is 24.0 Å². The van der Waals surface area contributed by atoms with Crippen LogP contribution >= 0.6 is 35.7 Å². The van der Waals surface area contributed by atoms with Crippen LogP contribution in [0.4, 0.5) is 0 Å². The molecule has 4 heteroatoms. The summed E-state index contributed by atoms with van der Waals surface area (Å²) < 4.78 is 0. The zero-order valence-electron chi connectivity index (χ0n) is 7.23. The van der Waals surface area contributed by atoms with E-state index >= 15 is 0 Å². The third-order valence-electron chi connectivity index (χ3n) is 1.32. The van der Waals surface area contributed by atoms with Gasteiger partial charge < -0.3 is 0 Å². The van der Waals surface area contributed by atoms with Crippen molar-refractivity contribution in [1.82, 2.24) is 0 Å². The summed E-state index contributed by atoms with van der Waals surface area (Å²) in [5, 5.41) is 7.58. The van der Waals surface area contributed by atoms with Gasteiger partial charge in [-0.25, -0.2) is 4.99 Å². The van der Waals surface area contributed by atoms with E-state index in [1.165, 1.54) is 11.8 Å². The van der Waals surface area contributed by atoms with Gasteiger partial charge in [-0.15, -0.1) is 24.0 Å². The minimum Gasteiger partial charge on any atom is -0.277 e. The molecule has 0 aliphatic carbocycles. The first-order valence-corrected chi connectivity index (χ1v) is 4.77. The summed E-state index contributed by atoms with van der Waals surface area (Å²) in [6, 6.07) is 9.76. The highest BCUT2D eigenvalue weighted by Gasteiger charge is 1.86. The predicted octanol–water partition coefficient (Wildman–Crippen LogP) is 3.02. The number of hydrogen-bond donors (Lipinski definition) is 1. The molecule has 0 bridgehead atoms. The van der Waals surface area contributed by atoms with Gasteiger partial charge in [0, 0.05) is 6.21 Å². The molecule has 1 rings (SSSR count). The number of amidine groups is 1. The van der Waals surface area contributed by atoms with Crippen molar-refractivity contribution in [3.63, 3.8) is 0 Å². The Labute approximate surface area is 99.4 Å². The zero-order valence-corrected chi connectivity index (χ0v) is 10.4. The standard InChI is InChI=1S/C9H10N2S.HI/c1-12-9(10)11-7-8-5-3-2-4-6-8;/h2-7,10H,1H3;1H/b10-9?,11-7+;. The average molecular weight is 306 g/mol. The van der Waals surface area contributed by atoms with E-state index in [2.05, 4.69) is 4.99 Å². The summed E-state index contributed by atoms with van der Waals surface area (Å²) in [5.41, 5.74) is 1.02. The van der Waals surface area contributed by atoms with Crippen LogP contribution < -0.4 is 0 Å². The largest absolute Gasteiger partial charge is 0.277 e. The van der Waals surface area contributed by atoms with Crippen LogP contribution in [0.3, 0.4) is 0 Å². The van der Waals surface area contributed by atoms with E-state index in [0.717, 1.165) is 5.56 Å². The maximum absolute atomic E-state index is 7.25. The molecule has 0 spiro atoms. The molecule has 1 N–H and O–H groups in total. The van der Waals surface area contributed by atoms with Gasteiger partial charge in [-0.05, 0) is 11.8 Å². The average Bonchev–Trinajstić information content (AvgIpc) is 2.16. The first-order valence-electron chi connectivity index (χ1n) is 3.54. The van der Waals surface area contributed by atoms with Crippen LogP contribution in [0.5, 0.6) is 0 Å². The molecule has 1 aromatic rings. The molecule has 70 valence electrons. The van der Waals surface area contributed by atoms with Crippen molar-refractivity contribution in [1.29, 1.82) is 5.41 Å². The lowest BCUT2D eigenvalue weighted by molar-refractivity contribution is 1.50. The lowest BCUT2D eigenvalue weighted by Crippen LogP contribution is -1.85. The monoisotopic (exact) mass is 306 g/mol. The highest BCUT2D eigenvalue weighted by Crippen LogP contribution is 1.98. The highest BCUT2D eigenvalue weighted by molar-refractivity contribution is 14.0. The fourth-order valence-electron chi connectivity index (χ4n) is 0.725. The summed E-state index contributed by atoms with van der Waals surface area (Å²) in [6.07, 6.45) is 3.53. The summed E-state index contributed by atoms with van der Waals surface area (Å²) in [6.45, 7) is 0. The normalized spacial score (nSPS) is 9.62. The molecule has 1 aromatic carbocycles. The molecule has 0 saturated carbocycles. The molecule has 0 radical (unpaired) electrons. The molecule has 13 heavy (non-hydrogen) atoms. The van der Waals surface area contributed by atoms with Gasteiger partial charge in [0.1, 0.15) is 0 Å². The van der Waals surface area contributed by atoms with Crippen LogP contribution in [0.15, 0.2) is 35.3 Å². The lowest BCUT2D eigenvalue weighted by Gasteiger charge is -1.90. The number of benzene rings is 1. The van der Waals surface area contributed by atoms with E-state index in [1.807, 2.05) is 36.6 Å². The number of nitrogens with zero attached hydrogens (tertiary/aromatic N) is 1. The molecule has 2 nitrogen and oxygen atoms in total. The molecule has 0 amide bonds. The van der Waals surface area contributed by atoms with Crippen LogP contribution in [0.25, 0.3) is 0 Å². The Morgan fingerprint density at radius 1 is 1.38 bits per heavy atom. The van der Waals surface area contributed by atoms with Crippen LogP contribution in [0.1, 0.15) is 5.56 Å². The zero-order chi connectivity index (χ0) is 8.81. The quantitative estimate of drug-likeness (QED) is 0.483. The van der Waals surface area contributed by atoms with Crippen molar-refractivity contribution in [3.8, 4) is 0 Å². The van der Waals surface area contributed by atoms with Gasteiger partial charge in [0.15, 0.2) is 5.17 Å². The number of aliphatic imine (C=N–C) groups is 1. The number of hydrogen-bond acceptors (Lipinski definition) is 2. The molecule has 0 saturated heterocycles. The first-order chi connectivity index (χ1) is 5.83. The van der Waals surface area contributed by atoms with Crippen LogP contribution in [0, 0.1) is 5.41 Å². The topological polar surface area (TPSA) is 36.2 Å². The third kappa shape index (κ3) is 5.05. The van der Waals surface area contributed by atoms with E-state index in [4.69, 9.17) is 5.41 Å². The second kappa shape index (κ2) is 7.08. The minimum atomic E-state index is 0. The van der Waals surface area contributed by atoms with Gasteiger partial charge in [0.25, 0.3) is 0 Å². The van der Waals surface area contributed by atoms with Crippen molar-refractivity contribution in [2.24, 2.45) is 4.99 Å². The van der Waals surface area contributed by atoms with Crippen LogP contribution in [-0.2, 0) is 0 Å². The van der Waals surface area contributed by atoms with E-state index < -0.39 is 0 Å². The summed E-state index contributed by atoms with van der Waals surface area (Å²) in [7, 11) is 0. The minimum absolute atomic E-state index is 0. The van der Waals surface area contributed by atoms with Gasteiger partial charge >= 0.3 is 0 Å². The van der Waals surface area contributed by atoms with Gasteiger partial charge in [-0.3, -0.25) is 5.41 Å². The Kier molecular flexibility index (Phi) is 6.89. The maximum atomic E-state index is 7.25. The van der Waals surface area contributed by atoms with Gasteiger partial charge in [-0.2, -0.15) is 0 Å².